The summed E-state index contributed by atoms with van der Waals surface area (Å²) in [6.45, 7) is 0. The Morgan fingerprint density at radius 1 is 1.35 bits per heavy atom. The molecule has 1 aromatic carbocycles. The molecule has 1 aromatic heterocycles. The van der Waals surface area contributed by atoms with Crippen LogP contribution in [0.1, 0.15) is 0 Å². The van der Waals surface area contributed by atoms with Gasteiger partial charge >= 0.3 is 5.97 Å². The van der Waals surface area contributed by atoms with E-state index in [1.54, 1.807) is 12.1 Å². The molecule has 0 aliphatic rings. The van der Waals surface area contributed by atoms with Gasteiger partial charge in [0.2, 0.25) is 0 Å². The standard InChI is InChI=1S/C10H8N2O2S3/c13-8(14-7-4-2-1-3-5-7)6-16-10-12-11-9(15)17-10/h1-5H,6H2,(H,11,15). The Bertz CT molecular complexity index is 501. The molecule has 0 saturated heterocycles. The van der Waals surface area contributed by atoms with Crippen molar-refractivity contribution in [3.05, 3.63) is 30.3 Å². The Kier molecular flexibility index (Phi) is 4.41. The van der Waals surface area contributed by atoms with E-state index in [1.165, 1.54) is 23.1 Å². The highest BCUT2D eigenvalue weighted by molar-refractivity contribution is 8.01. The van der Waals surface area contributed by atoms with E-state index >= 15 is 0 Å². The number of hydrogen-bond donors (Lipinski definition) is 1. The Hall–Kier alpha value is -1.05. The monoisotopic (exact) mass is 284 g/mol. The first-order chi connectivity index (χ1) is 8.24. The number of nitrogens with zero attached hydrogens (tertiary/aromatic N) is 2. The summed E-state index contributed by atoms with van der Waals surface area (Å²) < 4.78 is 6.42. The number of thiol groups is 1. The fraction of sp³-hybridized carbons (Fsp3) is 0.100. The summed E-state index contributed by atoms with van der Waals surface area (Å²) in [6.07, 6.45) is 0. The van der Waals surface area contributed by atoms with Crippen molar-refractivity contribution in [2.75, 3.05) is 5.75 Å². The van der Waals surface area contributed by atoms with Crippen molar-refractivity contribution >= 4 is 41.7 Å². The number of aromatic nitrogens is 2. The van der Waals surface area contributed by atoms with Crippen LogP contribution in [0.15, 0.2) is 39.0 Å². The van der Waals surface area contributed by atoms with Crippen LogP contribution in [0.25, 0.3) is 0 Å². The van der Waals surface area contributed by atoms with Gasteiger partial charge in [0.1, 0.15) is 5.75 Å². The maximum absolute atomic E-state index is 11.5. The molecule has 0 amide bonds. The van der Waals surface area contributed by atoms with Crippen LogP contribution in [-0.4, -0.2) is 21.9 Å². The number of esters is 1. The lowest BCUT2D eigenvalue weighted by Gasteiger charge is -2.01. The van der Waals surface area contributed by atoms with Crippen LogP contribution < -0.4 is 4.74 Å². The molecule has 0 fully saturated rings. The van der Waals surface area contributed by atoms with Gasteiger partial charge in [-0.05, 0) is 12.1 Å². The summed E-state index contributed by atoms with van der Waals surface area (Å²) in [6, 6.07) is 8.96. The lowest BCUT2D eigenvalue weighted by atomic mass is 10.3. The smallest absolute Gasteiger partial charge is 0.321 e. The van der Waals surface area contributed by atoms with Crippen LogP contribution in [0, 0.1) is 0 Å². The number of para-hydroxylation sites is 1. The predicted molar refractivity (Wildman–Crippen MR) is 70.0 cm³/mol. The third kappa shape index (κ3) is 4.03. The number of thioether (sulfide) groups is 1. The minimum absolute atomic E-state index is 0.206. The summed E-state index contributed by atoms with van der Waals surface area (Å²) in [5.41, 5.74) is 0. The number of rotatable bonds is 4. The van der Waals surface area contributed by atoms with Crippen LogP contribution in [0.2, 0.25) is 0 Å². The first-order valence-electron chi connectivity index (χ1n) is 4.65. The van der Waals surface area contributed by atoms with E-state index in [1.807, 2.05) is 18.2 Å². The summed E-state index contributed by atoms with van der Waals surface area (Å²) in [5, 5.41) is 7.58. The normalized spacial score (nSPS) is 10.2. The number of ether oxygens (including phenoxy) is 1. The molecule has 0 N–H and O–H groups in total. The minimum Gasteiger partial charge on any atom is -0.426 e. The quantitative estimate of drug-likeness (QED) is 0.405. The van der Waals surface area contributed by atoms with E-state index in [9.17, 15) is 4.79 Å². The lowest BCUT2D eigenvalue weighted by molar-refractivity contribution is -0.131. The zero-order chi connectivity index (χ0) is 12.1. The summed E-state index contributed by atoms with van der Waals surface area (Å²) in [7, 11) is 0. The second kappa shape index (κ2) is 6.04. The van der Waals surface area contributed by atoms with Gasteiger partial charge in [-0.1, -0.05) is 41.3 Å². The van der Waals surface area contributed by atoms with Crippen LogP contribution in [0.3, 0.4) is 0 Å². The molecule has 4 nitrogen and oxygen atoms in total. The van der Waals surface area contributed by atoms with Gasteiger partial charge < -0.3 is 4.74 Å². The third-order valence-electron chi connectivity index (χ3n) is 1.68. The van der Waals surface area contributed by atoms with E-state index in [2.05, 4.69) is 22.8 Å². The highest BCUT2D eigenvalue weighted by Crippen LogP contribution is 2.24. The molecular weight excluding hydrogens is 276 g/mol. The van der Waals surface area contributed by atoms with Crippen molar-refractivity contribution in [3.63, 3.8) is 0 Å². The molecule has 0 spiro atoms. The lowest BCUT2D eigenvalue weighted by Crippen LogP contribution is -2.10. The van der Waals surface area contributed by atoms with Gasteiger partial charge in [0.15, 0.2) is 8.68 Å². The Labute approximate surface area is 112 Å². The zero-order valence-electron chi connectivity index (χ0n) is 8.57. The molecule has 2 rings (SSSR count). The molecule has 0 unspecified atom stereocenters. The predicted octanol–water partition coefficient (Wildman–Crippen LogP) is 2.52. The van der Waals surface area contributed by atoms with Crippen molar-refractivity contribution in [3.8, 4) is 5.75 Å². The van der Waals surface area contributed by atoms with Crippen molar-refractivity contribution < 1.29 is 9.53 Å². The molecular formula is C10H8N2O2S3. The number of benzene rings is 1. The average Bonchev–Trinajstić information content (AvgIpc) is 2.74. The second-order valence-corrected chi connectivity index (χ2v) is 5.85. The first kappa shape index (κ1) is 12.4. The topological polar surface area (TPSA) is 52.1 Å². The molecule has 17 heavy (non-hydrogen) atoms. The van der Waals surface area contributed by atoms with Crippen LogP contribution in [-0.2, 0) is 4.79 Å². The van der Waals surface area contributed by atoms with Crippen LogP contribution in [0.4, 0.5) is 0 Å². The van der Waals surface area contributed by atoms with E-state index in [0.29, 0.717) is 14.4 Å². The fourth-order valence-electron chi connectivity index (χ4n) is 1.03. The molecule has 0 bridgehead atoms. The summed E-state index contributed by atoms with van der Waals surface area (Å²) >= 11 is 6.67. The second-order valence-electron chi connectivity index (χ2n) is 2.93. The van der Waals surface area contributed by atoms with Crippen LogP contribution >= 0.6 is 35.7 Å². The van der Waals surface area contributed by atoms with Crippen molar-refractivity contribution in [2.24, 2.45) is 0 Å². The Morgan fingerprint density at radius 3 is 2.76 bits per heavy atom. The average molecular weight is 284 g/mol. The van der Waals surface area contributed by atoms with E-state index in [4.69, 9.17) is 4.74 Å². The van der Waals surface area contributed by atoms with Crippen molar-refractivity contribution in [1.82, 2.24) is 10.2 Å². The number of hydrogen-bond acceptors (Lipinski definition) is 7. The van der Waals surface area contributed by atoms with Gasteiger partial charge in [0.25, 0.3) is 0 Å². The van der Waals surface area contributed by atoms with Crippen LogP contribution in [0.5, 0.6) is 5.75 Å². The third-order valence-corrected chi connectivity index (χ3v) is 3.88. The molecule has 0 atom stereocenters. The van der Waals surface area contributed by atoms with Crippen molar-refractivity contribution in [2.45, 2.75) is 8.68 Å². The maximum Gasteiger partial charge on any atom is 0.321 e. The van der Waals surface area contributed by atoms with Gasteiger partial charge in [0, 0.05) is 0 Å². The van der Waals surface area contributed by atoms with Gasteiger partial charge in [-0.15, -0.1) is 22.8 Å². The fourth-order valence-corrected chi connectivity index (χ4v) is 2.89. The molecule has 1 heterocycles. The van der Waals surface area contributed by atoms with E-state index in [-0.39, 0.29) is 11.7 Å². The highest BCUT2D eigenvalue weighted by Gasteiger charge is 2.08. The number of carbonyl (C=O) groups excluding carboxylic acids is 1. The molecule has 2 aromatic rings. The molecule has 0 aliphatic heterocycles. The molecule has 88 valence electrons. The van der Waals surface area contributed by atoms with E-state index in [0.717, 1.165) is 0 Å². The number of carbonyl (C=O) groups is 1. The largest absolute Gasteiger partial charge is 0.426 e. The van der Waals surface area contributed by atoms with Crippen molar-refractivity contribution in [1.29, 1.82) is 0 Å². The first-order valence-corrected chi connectivity index (χ1v) is 6.90. The Balaban J connectivity index is 1.82. The molecule has 0 aliphatic carbocycles. The van der Waals surface area contributed by atoms with Gasteiger partial charge in [-0.25, -0.2) is 0 Å². The van der Waals surface area contributed by atoms with Gasteiger partial charge in [0.05, 0.1) is 5.75 Å². The molecule has 0 saturated carbocycles. The SMILES string of the molecule is O=C(CSc1nnc(S)s1)Oc1ccccc1. The molecule has 7 heteroatoms. The van der Waals surface area contributed by atoms with E-state index < -0.39 is 0 Å². The Morgan fingerprint density at radius 2 is 2.12 bits per heavy atom. The maximum atomic E-state index is 11.5. The highest BCUT2D eigenvalue weighted by atomic mass is 32.2. The molecule has 0 radical (unpaired) electrons. The summed E-state index contributed by atoms with van der Waals surface area (Å²) in [5.74, 6) is 0.444. The minimum atomic E-state index is -0.308. The zero-order valence-corrected chi connectivity index (χ0v) is 11.1. The summed E-state index contributed by atoms with van der Waals surface area (Å²) in [4.78, 5) is 11.5. The van der Waals surface area contributed by atoms with Gasteiger partial charge in [-0.3, -0.25) is 4.79 Å². The van der Waals surface area contributed by atoms with Gasteiger partial charge in [-0.2, -0.15) is 0 Å².